The average Bonchev–Trinajstić information content (AvgIpc) is 2.73. The summed E-state index contributed by atoms with van der Waals surface area (Å²) in [6, 6.07) is 7.74. The lowest BCUT2D eigenvalue weighted by Crippen LogP contribution is -2.31. The first kappa shape index (κ1) is 7.50. The molecule has 2 aromatic heterocycles. The molecule has 0 atom stereocenters. The molecule has 0 unspecified atom stereocenters. The number of aromatic nitrogens is 1. The number of fused-ring (bicyclic) bond motifs is 3. The Morgan fingerprint density at radius 1 is 1.43 bits per heavy atom. The van der Waals surface area contributed by atoms with Crippen molar-refractivity contribution in [2.75, 3.05) is 0 Å². The van der Waals surface area contributed by atoms with Gasteiger partial charge in [0.25, 0.3) is 0 Å². The molecule has 0 aliphatic carbocycles. The van der Waals surface area contributed by atoms with Gasteiger partial charge in [0.05, 0.1) is 5.56 Å². The number of hydrogen-bond acceptors (Lipinski definition) is 2. The highest BCUT2D eigenvalue weighted by Crippen LogP contribution is 2.28. The third-order valence-corrected chi connectivity index (χ3v) is 2.46. The molecule has 0 saturated heterocycles. The van der Waals surface area contributed by atoms with Gasteiger partial charge in [-0.3, -0.25) is 4.79 Å². The van der Waals surface area contributed by atoms with Crippen LogP contribution in [0.5, 0.6) is 0 Å². The standard InChI is InChI=1S/C11H8NO2/c13-7-9-5-8-6-12-4-2-1-3-10(12)11(8)14-9/h1-5,7H,6H2/q+1. The Morgan fingerprint density at radius 3 is 3.21 bits per heavy atom. The minimum absolute atomic E-state index is 0.408. The molecule has 0 amide bonds. The third kappa shape index (κ3) is 0.865. The van der Waals surface area contributed by atoms with Gasteiger partial charge in [0.2, 0.25) is 11.5 Å². The highest BCUT2D eigenvalue weighted by molar-refractivity contribution is 5.74. The van der Waals surface area contributed by atoms with E-state index in [4.69, 9.17) is 4.42 Å². The van der Waals surface area contributed by atoms with Crippen LogP contribution in [0.4, 0.5) is 0 Å². The highest BCUT2D eigenvalue weighted by atomic mass is 16.3. The summed E-state index contributed by atoms with van der Waals surface area (Å²) in [6.07, 6.45) is 2.75. The zero-order valence-electron chi connectivity index (χ0n) is 7.43. The van der Waals surface area contributed by atoms with Crippen molar-refractivity contribution in [3.05, 3.63) is 41.8 Å². The van der Waals surface area contributed by atoms with E-state index >= 15 is 0 Å². The normalized spacial score (nSPS) is 12.3. The molecule has 0 N–H and O–H groups in total. The van der Waals surface area contributed by atoms with Gasteiger partial charge in [-0.25, -0.2) is 0 Å². The molecule has 0 bridgehead atoms. The second-order valence-corrected chi connectivity index (χ2v) is 3.33. The minimum atomic E-state index is 0.408. The van der Waals surface area contributed by atoms with Gasteiger partial charge in [-0.2, -0.15) is 4.57 Å². The molecule has 0 spiro atoms. The maximum absolute atomic E-state index is 10.5. The maximum Gasteiger partial charge on any atom is 0.249 e. The highest BCUT2D eigenvalue weighted by Gasteiger charge is 2.29. The van der Waals surface area contributed by atoms with Crippen LogP contribution >= 0.6 is 0 Å². The van der Waals surface area contributed by atoms with Crippen molar-refractivity contribution in [1.29, 1.82) is 0 Å². The number of furan rings is 1. The van der Waals surface area contributed by atoms with Crippen LogP contribution in [-0.2, 0) is 6.54 Å². The first-order valence-corrected chi connectivity index (χ1v) is 4.45. The van der Waals surface area contributed by atoms with Crippen LogP contribution in [0.2, 0.25) is 0 Å². The predicted octanol–water partition coefficient (Wildman–Crippen LogP) is 1.41. The van der Waals surface area contributed by atoms with Crippen LogP contribution in [0.15, 0.2) is 34.9 Å². The van der Waals surface area contributed by atoms with E-state index in [-0.39, 0.29) is 0 Å². The van der Waals surface area contributed by atoms with E-state index in [1.165, 1.54) is 0 Å². The summed E-state index contributed by atoms with van der Waals surface area (Å²) in [7, 11) is 0. The molecular formula is C11H8NO2+. The van der Waals surface area contributed by atoms with Crippen molar-refractivity contribution < 1.29 is 13.8 Å². The number of rotatable bonds is 1. The summed E-state index contributed by atoms with van der Waals surface area (Å²) in [5.41, 5.74) is 2.12. The average molecular weight is 186 g/mol. The Balaban J connectivity index is 2.24. The van der Waals surface area contributed by atoms with E-state index in [0.717, 1.165) is 29.8 Å². The topological polar surface area (TPSA) is 34.1 Å². The first-order valence-electron chi connectivity index (χ1n) is 4.45. The molecule has 14 heavy (non-hydrogen) atoms. The summed E-state index contributed by atoms with van der Waals surface area (Å²) < 4.78 is 7.51. The third-order valence-electron chi connectivity index (χ3n) is 2.46. The fourth-order valence-corrected chi connectivity index (χ4v) is 1.85. The summed E-state index contributed by atoms with van der Waals surface area (Å²) in [5, 5.41) is 0. The monoisotopic (exact) mass is 186 g/mol. The molecule has 0 saturated carbocycles. The Kier molecular flexibility index (Phi) is 1.36. The molecule has 3 heteroatoms. The summed E-state index contributed by atoms with van der Waals surface area (Å²) >= 11 is 0. The van der Waals surface area contributed by atoms with E-state index < -0.39 is 0 Å². The van der Waals surface area contributed by atoms with Crippen LogP contribution in [-0.4, -0.2) is 6.29 Å². The number of nitrogens with zero attached hydrogens (tertiary/aromatic N) is 1. The first-order chi connectivity index (χ1) is 6.88. The van der Waals surface area contributed by atoms with Crippen LogP contribution in [0.25, 0.3) is 11.5 Å². The number of pyridine rings is 1. The van der Waals surface area contributed by atoms with E-state index in [1.807, 2.05) is 24.4 Å². The lowest BCUT2D eigenvalue weighted by molar-refractivity contribution is -0.672. The Morgan fingerprint density at radius 2 is 2.36 bits per heavy atom. The molecule has 3 nitrogen and oxygen atoms in total. The second kappa shape index (κ2) is 2.54. The Hall–Kier alpha value is -1.90. The molecule has 0 radical (unpaired) electrons. The van der Waals surface area contributed by atoms with Crippen molar-refractivity contribution in [1.82, 2.24) is 0 Å². The molecule has 2 aromatic rings. The largest absolute Gasteiger partial charge is 0.446 e. The number of aldehydes is 1. The van der Waals surface area contributed by atoms with E-state index in [0.29, 0.717) is 5.76 Å². The zero-order valence-corrected chi connectivity index (χ0v) is 7.43. The number of hydrogen-bond donors (Lipinski definition) is 0. The van der Waals surface area contributed by atoms with Crippen LogP contribution in [0, 0.1) is 0 Å². The van der Waals surface area contributed by atoms with E-state index in [2.05, 4.69) is 4.57 Å². The smallest absolute Gasteiger partial charge is 0.249 e. The lowest BCUT2D eigenvalue weighted by Gasteiger charge is -1.90. The lowest BCUT2D eigenvalue weighted by atomic mass is 10.2. The second-order valence-electron chi connectivity index (χ2n) is 3.33. The van der Waals surface area contributed by atoms with Crippen molar-refractivity contribution in [2.45, 2.75) is 6.54 Å². The Bertz CT molecular complexity index is 514. The summed E-state index contributed by atoms with van der Waals surface area (Å²) in [5.74, 6) is 1.23. The van der Waals surface area contributed by atoms with E-state index in [1.54, 1.807) is 6.07 Å². The van der Waals surface area contributed by atoms with Crippen LogP contribution < -0.4 is 4.57 Å². The van der Waals surface area contributed by atoms with E-state index in [9.17, 15) is 4.79 Å². The number of carbonyl (C=O) groups excluding carboxylic acids is 1. The Labute approximate surface area is 80.6 Å². The van der Waals surface area contributed by atoms with Crippen molar-refractivity contribution in [3.8, 4) is 11.5 Å². The van der Waals surface area contributed by atoms with Gasteiger partial charge in [-0.05, 0) is 12.1 Å². The SMILES string of the molecule is O=Cc1cc2c(o1)-c1cccc[n+]1C2. The maximum atomic E-state index is 10.5. The van der Waals surface area contributed by atoms with Gasteiger partial charge in [0.1, 0.15) is 0 Å². The van der Waals surface area contributed by atoms with Gasteiger partial charge in [0, 0.05) is 12.1 Å². The van der Waals surface area contributed by atoms with Crippen molar-refractivity contribution >= 4 is 6.29 Å². The van der Waals surface area contributed by atoms with Gasteiger partial charge < -0.3 is 4.42 Å². The molecule has 1 aliphatic heterocycles. The molecule has 0 fully saturated rings. The van der Waals surface area contributed by atoms with Crippen molar-refractivity contribution in [3.63, 3.8) is 0 Å². The minimum Gasteiger partial charge on any atom is -0.446 e. The molecule has 0 aromatic carbocycles. The molecule has 3 heterocycles. The van der Waals surface area contributed by atoms with Crippen LogP contribution in [0.1, 0.15) is 16.1 Å². The summed E-state index contributed by atoms with van der Waals surface area (Å²) in [4.78, 5) is 10.5. The van der Waals surface area contributed by atoms with Gasteiger partial charge in [-0.1, -0.05) is 0 Å². The summed E-state index contributed by atoms with van der Waals surface area (Å²) in [6.45, 7) is 0.794. The van der Waals surface area contributed by atoms with Gasteiger partial charge in [0.15, 0.2) is 24.8 Å². The fraction of sp³-hybridized carbons (Fsp3) is 0.0909. The fourth-order valence-electron chi connectivity index (χ4n) is 1.85. The molecular weight excluding hydrogens is 178 g/mol. The molecule has 68 valence electrons. The van der Waals surface area contributed by atoms with Gasteiger partial charge in [-0.15, -0.1) is 0 Å². The zero-order chi connectivity index (χ0) is 9.54. The van der Waals surface area contributed by atoms with Crippen LogP contribution in [0.3, 0.4) is 0 Å². The van der Waals surface area contributed by atoms with Gasteiger partial charge >= 0.3 is 0 Å². The number of carbonyl (C=O) groups is 1. The molecule has 1 aliphatic rings. The predicted molar refractivity (Wildman–Crippen MR) is 48.8 cm³/mol. The quantitative estimate of drug-likeness (QED) is 0.425. The molecule has 3 rings (SSSR count). The van der Waals surface area contributed by atoms with Crippen molar-refractivity contribution in [2.24, 2.45) is 0 Å².